The maximum atomic E-state index is 13.6. The second-order valence-corrected chi connectivity index (χ2v) is 3.51. The van der Waals surface area contributed by atoms with E-state index in [1.807, 2.05) is 0 Å². The van der Waals surface area contributed by atoms with Crippen LogP contribution in [0.3, 0.4) is 0 Å². The number of nitrogens with one attached hydrogen (secondary N) is 1. The number of amides is 1. The molecule has 0 saturated heterocycles. The van der Waals surface area contributed by atoms with Crippen LogP contribution in [-0.4, -0.2) is 27.8 Å². The van der Waals surface area contributed by atoms with Gasteiger partial charge in [-0.25, -0.2) is 9.07 Å². The summed E-state index contributed by atoms with van der Waals surface area (Å²) < 4.78 is 19.9. The highest BCUT2D eigenvalue weighted by atomic mass is 19.1. The van der Waals surface area contributed by atoms with Gasteiger partial charge in [0.25, 0.3) is 5.91 Å². The highest BCUT2D eigenvalue weighted by Crippen LogP contribution is 2.17. The highest BCUT2D eigenvalue weighted by Gasteiger charge is 2.14. The summed E-state index contributed by atoms with van der Waals surface area (Å²) in [5.41, 5.74) is -0.0844. The number of halogens is 1. The number of carbonyl (C=O) groups is 1. The van der Waals surface area contributed by atoms with Crippen molar-refractivity contribution in [3.8, 4) is 5.75 Å². The van der Waals surface area contributed by atoms with E-state index in [1.165, 1.54) is 30.3 Å². The molecule has 1 N–H and O–H groups in total. The molecule has 6 nitrogen and oxygen atoms in total. The largest absolute Gasteiger partial charge is 0.497 e. The van der Waals surface area contributed by atoms with Gasteiger partial charge in [0.2, 0.25) is 5.95 Å². The van der Waals surface area contributed by atoms with Crippen molar-refractivity contribution in [1.29, 1.82) is 0 Å². The van der Waals surface area contributed by atoms with Gasteiger partial charge in [0, 0.05) is 13.1 Å². The van der Waals surface area contributed by atoms with E-state index in [1.54, 1.807) is 7.05 Å². The van der Waals surface area contributed by atoms with Crippen molar-refractivity contribution in [3.63, 3.8) is 0 Å². The Labute approximate surface area is 102 Å². The predicted molar refractivity (Wildman–Crippen MR) is 61.9 cm³/mol. The third-order valence-corrected chi connectivity index (χ3v) is 2.36. The minimum atomic E-state index is -0.658. The molecule has 0 fully saturated rings. The number of methoxy groups -OCH3 is 1. The Bertz CT molecular complexity index is 582. The zero-order valence-electron chi connectivity index (χ0n) is 9.85. The zero-order chi connectivity index (χ0) is 13.1. The summed E-state index contributed by atoms with van der Waals surface area (Å²) in [4.78, 5) is 15.6. The molecule has 0 aliphatic carbocycles. The SMILES string of the molecule is COc1ccc(C(=O)Nc2ncnn2C)c(F)c1. The molecule has 1 amide bonds. The molecule has 0 radical (unpaired) electrons. The Kier molecular flexibility index (Phi) is 3.22. The molecule has 0 aliphatic heterocycles. The summed E-state index contributed by atoms with van der Waals surface area (Å²) in [5.74, 6) is -0.654. The number of anilines is 1. The maximum absolute atomic E-state index is 13.6. The lowest BCUT2D eigenvalue weighted by atomic mass is 10.2. The first kappa shape index (κ1) is 12.0. The van der Waals surface area contributed by atoms with Gasteiger partial charge in [-0.3, -0.25) is 10.1 Å². The molecule has 7 heteroatoms. The lowest BCUT2D eigenvalue weighted by molar-refractivity contribution is 0.102. The fourth-order valence-electron chi connectivity index (χ4n) is 1.39. The summed E-state index contributed by atoms with van der Waals surface area (Å²) in [6, 6.07) is 4.00. The molecule has 0 bridgehead atoms. The van der Waals surface area contributed by atoms with Crippen LogP contribution in [0.5, 0.6) is 5.75 Å². The monoisotopic (exact) mass is 250 g/mol. The summed E-state index contributed by atoms with van der Waals surface area (Å²) in [5, 5.41) is 6.24. The number of hydrogen-bond donors (Lipinski definition) is 1. The Morgan fingerprint density at radius 2 is 2.28 bits per heavy atom. The molecule has 1 heterocycles. The van der Waals surface area contributed by atoms with E-state index >= 15 is 0 Å². The van der Waals surface area contributed by atoms with Crippen molar-refractivity contribution in [1.82, 2.24) is 14.8 Å². The number of ether oxygens (including phenoxy) is 1. The van der Waals surface area contributed by atoms with Crippen molar-refractivity contribution in [3.05, 3.63) is 35.9 Å². The van der Waals surface area contributed by atoms with Crippen molar-refractivity contribution in [2.75, 3.05) is 12.4 Å². The fraction of sp³-hybridized carbons (Fsp3) is 0.182. The standard InChI is InChI=1S/C11H11FN4O2/c1-16-11(13-6-14-16)15-10(17)8-4-3-7(18-2)5-9(8)12/h3-6H,1-2H3,(H,13,14,15,17). The minimum absolute atomic E-state index is 0.0844. The molecule has 94 valence electrons. The van der Waals surface area contributed by atoms with Gasteiger partial charge < -0.3 is 4.74 Å². The van der Waals surface area contributed by atoms with Gasteiger partial charge in [0.1, 0.15) is 17.9 Å². The van der Waals surface area contributed by atoms with Gasteiger partial charge in [-0.1, -0.05) is 0 Å². The van der Waals surface area contributed by atoms with E-state index < -0.39 is 11.7 Å². The van der Waals surface area contributed by atoms with Gasteiger partial charge in [-0.05, 0) is 12.1 Å². The number of benzene rings is 1. The van der Waals surface area contributed by atoms with E-state index in [4.69, 9.17) is 4.74 Å². The van der Waals surface area contributed by atoms with Crippen LogP contribution in [0.1, 0.15) is 10.4 Å². The van der Waals surface area contributed by atoms with Gasteiger partial charge in [0.05, 0.1) is 12.7 Å². The van der Waals surface area contributed by atoms with Crippen LogP contribution in [0, 0.1) is 5.82 Å². The van der Waals surface area contributed by atoms with Crippen molar-refractivity contribution in [2.45, 2.75) is 0 Å². The number of carbonyl (C=O) groups excluding carboxylic acids is 1. The Balaban J connectivity index is 2.22. The summed E-state index contributed by atoms with van der Waals surface area (Å²) in [6.07, 6.45) is 1.29. The molecule has 0 unspecified atom stereocenters. The Morgan fingerprint density at radius 3 is 2.83 bits per heavy atom. The zero-order valence-corrected chi connectivity index (χ0v) is 9.85. The van der Waals surface area contributed by atoms with Gasteiger partial charge in [-0.2, -0.15) is 10.1 Å². The molecular weight excluding hydrogens is 239 g/mol. The molecule has 18 heavy (non-hydrogen) atoms. The second-order valence-electron chi connectivity index (χ2n) is 3.51. The highest BCUT2D eigenvalue weighted by molar-refractivity contribution is 6.03. The second kappa shape index (κ2) is 4.82. The first-order valence-electron chi connectivity index (χ1n) is 5.10. The average Bonchev–Trinajstić information content (AvgIpc) is 2.74. The van der Waals surface area contributed by atoms with Crippen molar-refractivity contribution < 1.29 is 13.9 Å². The number of aromatic nitrogens is 3. The van der Waals surface area contributed by atoms with Gasteiger partial charge in [-0.15, -0.1) is 0 Å². The normalized spacial score (nSPS) is 10.2. The smallest absolute Gasteiger partial charge is 0.260 e. The molecule has 0 atom stereocenters. The van der Waals surface area contributed by atoms with E-state index in [-0.39, 0.29) is 11.5 Å². The van der Waals surface area contributed by atoms with Crippen LogP contribution in [0.15, 0.2) is 24.5 Å². The first-order chi connectivity index (χ1) is 8.61. The third-order valence-electron chi connectivity index (χ3n) is 2.36. The Morgan fingerprint density at radius 1 is 1.50 bits per heavy atom. The first-order valence-corrected chi connectivity index (χ1v) is 5.10. The molecule has 0 spiro atoms. The van der Waals surface area contributed by atoms with Crippen molar-refractivity contribution >= 4 is 11.9 Å². The molecule has 2 rings (SSSR count). The topological polar surface area (TPSA) is 69.0 Å². The third kappa shape index (κ3) is 2.29. The molecule has 0 aliphatic rings. The number of rotatable bonds is 3. The molecule has 1 aromatic carbocycles. The number of aryl methyl sites for hydroxylation is 1. The lowest BCUT2D eigenvalue weighted by Gasteiger charge is -2.06. The molecular formula is C11H11FN4O2. The summed E-state index contributed by atoms with van der Waals surface area (Å²) >= 11 is 0. The Hall–Kier alpha value is -2.44. The van der Waals surface area contributed by atoms with E-state index in [2.05, 4.69) is 15.4 Å². The molecule has 1 aromatic heterocycles. The predicted octanol–water partition coefficient (Wildman–Crippen LogP) is 1.22. The van der Waals surface area contributed by atoms with Crippen LogP contribution in [0.25, 0.3) is 0 Å². The van der Waals surface area contributed by atoms with Crippen LogP contribution in [0.4, 0.5) is 10.3 Å². The minimum Gasteiger partial charge on any atom is -0.497 e. The van der Waals surface area contributed by atoms with Gasteiger partial charge in [0.15, 0.2) is 0 Å². The van der Waals surface area contributed by atoms with E-state index in [0.29, 0.717) is 5.75 Å². The quantitative estimate of drug-likeness (QED) is 0.889. The molecule has 0 saturated carbocycles. The van der Waals surface area contributed by atoms with E-state index in [0.717, 1.165) is 6.07 Å². The lowest BCUT2D eigenvalue weighted by Crippen LogP contribution is -2.16. The van der Waals surface area contributed by atoms with Crippen LogP contribution >= 0.6 is 0 Å². The maximum Gasteiger partial charge on any atom is 0.260 e. The summed E-state index contributed by atoms with van der Waals surface area (Å²) in [7, 11) is 3.04. The van der Waals surface area contributed by atoms with Crippen LogP contribution < -0.4 is 10.1 Å². The average molecular weight is 250 g/mol. The fourth-order valence-corrected chi connectivity index (χ4v) is 1.39. The van der Waals surface area contributed by atoms with E-state index in [9.17, 15) is 9.18 Å². The van der Waals surface area contributed by atoms with Crippen LogP contribution in [-0.2, 0) is 7.05 Å². The van der Waals surface area contributed by atoms with Crippen molar-refractivity contribution in [2.24, 2.45) is 7.05 Å². The van der Waals surface area contributed by atoms with Gasteiger partial charge >= 0.3 is 0 Å². The van der Waals surface area contributed by atoms with Crippen LogP contribution in [0.2, 0.25) is 0 Å². The number of nitrogens with zero attached hydrogens (tertiary/aromatic N) is 3. The number of hydrogen-bond acceptors (Lipinski definition) is 4. The molecule has 2 aromatic rings. The summed E-state index contributed by atoms with van der Waals surface area (Å²) in [6.45, 7) is 0.